The normalized spacial score (nSPS) is 16.2. The smallest absolute Gasteiger partial charge is 0.309 e. The third-order valence-corrected chi connectivity index (χ3v) is 6.72. The van der Waals surface area contributed by atoms with E-state index in [-0.39, 0.29) is 36.5 Å². The first-order valence-electron chi connectivity index (χ1n) is 8.53. The van der Waals surface area contributed by atoms with Crippen molar-refractivity contribution in [3.8, 4) is 0 Å². The van der Waals surface area contributed by atoms with E-state index >= 15 is 0 Å². The lowest BCUT2D eigenvalue weighted by Crippen LogP contribution is -2.40. The van der Waals surface area contributed by atoms with Crippen LogP contribution in [0.1, 0.15) is 18.4 Å². The van der Waals surface area contributed by atoms with E-state index in [1.165, 1.54) is 22.5 Å². The molecule has 0 aliphatic carbocycles. The molecule has 0 N–H and O–H groups in total. The highest BCUT2D eigenvalue weighted by Gasteiger charge is 2.34. The van der Waals surface area contributed by atoms with Gasteiger partial charge in [0.05, 0.1) is 5.92 Å². The number of benzene rings is 2. The number of sulfonamides is 1. The van der Waals surface area contributed by atoms with Crippen molar-refractivity contribution < 1.29 is 22.3 Å². The fraction of sp³-hybridized carbons (Fsp3) is 0.316. The molecule has 1 heterocycles. The summed E-state index contributed by atoms with van der Waals surface area (Å²) in [5.41, 5.74) is 0.826. The highest BCUT2D eigenvalue weighted by atomic mass is 35.5. The quantitative estimate of drug-likeness (QED) is 0.705. The average molecular weight is 412 g/mol. The molecule has 1 saturated heterocycles. The van der Waals surface area contributed by atoms with Gasteiger partial charge in [-0.15, -0.1) is 0 Å². The van der Waals surface area contributed by atoms with Crippen molar-refractivity contribution in [2.45, 2.75) is 24.3 Å². The minimum Gasteiger partial charge on any atom is -0.461 e. The maximum absolute atomic E-state index is 13.8. The SMILES string of the molecule is O=C(OCc1ccc(Cl)cc1)C1CCN(S(=O)(=O)c2ccccc2F)CC1. The summed E-state index contributed by atoms with van der Waals surface area (Å²) in [5.74, 6) is -1.50. The first kappa shape index (κ1) is 19.8. The molecular formula is C19H19ClFNO4S. The predicted molar refractivity (Wildman–Crippen MR) is 99.1 cm³/mol. The fourth-order valence-electron chi connectivity index (χ4n) is 2.98. The van der Waals surface area contributed by atoms with Gasteiger partial charge in [0, 0.05) is 18.1 Å². The van der Waals surface area contributed by atoms with Gasteiger partial charge >= 0.3 is 5.97 Å². The number of rotatable bonds is 5. The van der Waals surface area contributed by atoms with E-state index in [9.17, 15) is 17.6 Å². The summed E-state index contributed by atoms with van der Waals surface area (Å²) < 4.78 is 45.5. The molecule has 3 rings (SSSR count). The van der Waals surface area contributed by atoms with E-state index in [0.717, 1.165) is 11.6 Å². The Morgan fingerprint density at radius 2 is 1.74 bits per heavy atom. The van der Waals surface area contributed by atoms with Crippen molar-refractivity contribution in [3.63, 3.8) is 0 Å². The molecule has 2 aromatic carbocycles. The summed E-state index contributed by atoms with van der Waals surface area (Å²) >= 11 is 5.82. The van der Waals surface area contributed by atoms with Crippen LogP contribution in [0.4, 0.5) is 4.39 Å². The summed E-state index contributed by atoms with van der Waals surface area (Å²) in [7, 11) is -3.91. The minimum atomic E-state index is -3.91. The van der Waals surface area contributed by atoms with Gasteiger partial charge in [-0.25, -0.2) is 12.8 Å². The van der Waals surface area contributed by atoms with Crippen LogP contribution in [-0.4, -0.2) is 31.8 Å². The van der Waals surface area contributed by atoms with Gasteiger partial charge in [0.15, 0.2) is 0 Å². The van der Waals surface area contributed by atoms with Gasteiger partial charge in [-0.2, -0.15) is 4.31 Å². The van der Waals surface area contributed by atoms with Crippen molar-refractivity contribution in [1.29, 1.82) is 0 Å². The van der Waals surface area contributed by atoms with Crippen LogP contribution < -0.4 is 0 Å². The van der Waals surface area contributed by atoms with Crippen LogP contribution >= 0.6 is 11.6 Å². The van der Waals surface area contributed by atoms with E-state index in [4.69, 9.17) is 16.3 Å². The molecule has 0 aromatic heterocycles. The first-order valence-corrected chi connectivity index (χ1v) is 10.4. The zero-order valence-corrected chi connectivity index (χ0v) is 16.0. The van der Waals surface area contributed by atoms with E-state index < -0.39 is 15.8 Å². The largest absolute Gasteiger partial charge is 0.461 e. The van der Waals surface area contributed by atoms with Gasteiger partial charge in [0.1, 0.15) is 17.3 Å². The highest BCUT2D eigenvalue weighted by Crippen LogP contribution is 2.26. The van der Waals surface area contributed by atoms with Crippen LogP contribution in [0.3, 0.4) is 0 Å². The standard InChI is InChI=1S/C19H19ClFNO4S/c20-16-7-5-14(6-8-16)13-26-19(23)15-9-11-22(12-10-15)27(24,25)18-4-2-1-3-17(18)21/h1-8,15H,9-13H2. The van der Waals surface area contributed by atoms with E-state index in [1.807, 2.05) is 0 Å². The summed E-state index contributed by atoms with van der Waals surface area (Å²) in [6, 6.07) is 12.3. The van der Waals surface area contributed by atoms with Crippen molar-refractivity contribution in [2.75, 3.05) is 13.1 Å². The maximum Gasteiger partial charge on any atom is 0.309 e. The number of esters is 1. The molecule has 1 fully saturated rings. The lowest BCUT2D eigenvalue weighted by Gasteiger charge is -2.30. The topological polar surface area (TPSA) is 63.7 Å². The van der Waals surface area contributed by atoms with Crippen LogP contribution in [0.15, 0.2) is 53.4 Å². The fourth-order valence-corrected chi connectivity index (χ4v) is 4.64. The monoisotopic (exact) mass is 411 g/mol. The molecule has 0 unspecified atom stereocenters. The zero-order chi connectivity index (χ0) is 19.4. The Morgan fingerprint density at radius 1 is 1.11 bits per heavy atom. The Hall–Kier alpha value is -1.96. The number of hydrogen-bond acceptors (Lipinski definition) is 4. The number of piperidine rings is 1. The van der Waals surface area contributed by atoms with Crippen LogP contribution in [0.5, 0.6) is 0 Å². The number of halogens is 2. The van der Waals surface area contributed by atoms with Crippen molar-refractivity contribution >= 4 is 27.6 Å². The molecule has 0 amide bonds. The molecular weight excluding hydrogens is 393 g/mol. The Balaban J connectivity index is 1.56. The van der Waals surface area contributed by atoms with Gasteiger partial charge in [-0.05, 0) is 42.7 Å². The summed E-state index contributed by atoms with van der Waals surface area (Å²) in [6.07, 6.45) is 0.681. The molecule has 1 aliphatic rings. The third-order valence-electron chi connectivity index (χ3n) is 4.54. The number of nitrogens with zero attached hydrogens (tertiary/aromatic N) is 1. The predicted octanol–water partition coefficient (Wildman–Crippen LogP) is 3.62. The zero-order valence-electron chi connectivity index (χ0n) is 14.5. The second-order valence-electron chi connectivity index (χ2n) is 6.34. The van der Waals surface area contributed by atoms with Gasteiger partial charge in [-0.1, -0.05) is 35.9 Å². The van der Waals surface area contributed by atoms with Gasteiger partial charge in [0.25, 0.3) is 0 Å². The number of carbonyl (C=O) groups is 1. The van der Waals surface area contributed by atoms with Gasteiger partial charge in [0.2, 0.25) is 10.0 Å². The molecule has 2 aromatic rings. The van der Waals surface area contributed by atoms with Crippen molar-refractivity contribution in [3.05, 3.63) is 64.9 Å². The van der Waals surface area contributed by atoms with E-state index in [2.05, 4.69) is 0 Å². The van der Waals surface area contributed by atoms with Crippen molar-refractivity contribution in [1.82, 2.24) is 4.31 Å². The molecule has 1 aliphatic heterocycles. The Morgan fingerprint density at radius 3 is 2.37 bits per heavy atom. The Bertz CT molecular complexity index is 910. The highest BCUT2D eigenvalue weighted by molar-refractivity contribution is 7.89. The van der Waals surface area contributed by atoms with Crippen LogP contribution in [-0.2, 0) is 26.2 Å². The Labute approximate surface area is 162 Å². The van der Waals surface area contributed by atoms with Gasteiger partial charge < -0.3 is 4.74 Å². The molecule has 0 atom stereocenters. The molecule has 0 spiro atoms. The number of carbonyl (C=O) groups excluding carboxylic acids is 1. The van der Waals surface area contributed by atoms with Crippen LogP contribution in [0.25, 0.3) is 0 Å². The lowest BCUT2D eigenvalue weighted by atomic mass is 9.98. The molecule has 5 nitrogen and oxygen atoms in total. The molecule has 0 saturated carbocycles. The molecule has 0 radical (unpaired) electrons. The summed E-state index contributed by atoms with van der Waals surface area (Å²) in [5, 5.41) is 0.605. The molecule has 0 bridgehead atoms. The second-order valence-corrected chi connectivity index (χ2v) is 8.69. The number of hydrogen-bond donors (Lipinski definition) is 0. The molecule has 8 heteroatoms. The summed E-state index contributed by atoms with van der Waals surface area (Å²) in [4.78, 5) is 11.9. The van der Waals surface area contributed by atoms with Crippen LogP contribution in [0.2, 0.25) is 5.02 Å². The molecule has 144 valence electrons. The Kier molecular flexibility index (Phi) is 6.14. The minimum absolute atomic E-state index is 0.143. The average Bonchev–Trinajstić information content (AvgIpc) is 2.67. The van der Waals surface area contributed by atoms with E-state index in [1.54, 1.807) is 24.3 Å². The van der Waals surface area contributed by atoms with Crippen molar-refractivity contribution in [2.24, 2.45) is 5.92 Å². The number of ether oxygens (including phenoxy) is 1. The summed E-state index contributed by atoms with van der Waals surface area (Å²) in [6.45, 7) is 0.443. The van der Waals surface area contributed by atoms with E-state index in [0.29, 0.717) is 17.9 Å². The maximum atomic E-state index is 13.8. The lowest BCUT2D eigenvalue weighted by molar-refractivity contribution is -0.151. The second kappa shape index (κ2) is 8.37. The van der Waals surface area contributed by atoms with Gasteiger partial charge in [-0.3, -0.25) is 4.79 Å². The first-order chi connectivity index (χ1) is 12.9. The third kappa shape index (κ3) is 4.66. The molecule has 27 heavy (non-hydrogen) atoms. The van der Waals surface area contributed by atoms with Crippen LogP contribution in [0, 0.1) is 11.7 Å².